The first kappa shape index (κ1) is 27.8. The molecule has 2 heteroatoms. The number of benzene rings is 6. The van der Waals surface area contributed by atoms with Crippen molar-refractivity contribution in [3.8, 4) is 11.1 Å². The summed E-state index contributed by atoms with van der Waals surface area (Å²) in [6.45, 7) is 2.20. The second-order valence-electron chi connectivity index (χ2n) is 12.0. The minimum Gasteiger partial charge on any atom is -0.339 e. The summed E-state index contributed by atoms with van der Waals surface area (Å²) in [5, 5.41) is 3.85. The van der Waals surface area contributed by atoms with Crippen molar-refractivity contribution >= 4 is 17.2 Å². The molecule has 0 radical (unpaired) electrons. The molecule has 0 spiro atoms. The molecule has 2 aliphatic rings. The van der Waals surface area contributed by atoms with Gasteiger partial charge in [0, 0.05) is 16.8 Å². The van der Waals surface area contributed by atoms with Gasteiger partial charge in [0.05, 0.1) is 11.1 Å². The van der Waals surface area contributed by atoms with Crippen LogP contribution >= 0.6 is 0 Å². The van der Waals surface area contributed by atoms with Crippen LogP contribution in [0.1, 0.15) is 52.3 Å². The predicted octanol–water partition coefficient (Wildman–Crippen LogP) is 10.3. The van der Waals surface area contributed by atoms with E-state index in [1.165, 1.54) is 39.0 Å². The number of allylic oxidation sites excluding steroid dienone is 2. The first-order valence-electron chi connectivity index (χ1n) is 16.0. The maximum absolute atomic E-state index is 5.52. The summed E-state index contributed by atoms with van der Waals surface area (Å²) in [6, 6.07) is 58.7. The van der Waals surface area contributed by atoms with Crippen LogP contribution < -0.4 is 5.32 Å². The van der Waals surface area contributed by atoms with Crippen LogP contribution in [0.25, 0.3) is 22.5 Å². The van der Waals surface area contributed by atoms with E-state index in [9.17, 15) is 0 Å². The van der Waals surface area contributed by atoms with Crippen LogP contribution in [0.2, 0.25) is 0 Å². The molecule has 220 valence electrons. The zero-order chi connectivity index (χ0) is 30.9. The molecule has 0 aromatic heterocycles. The molecule has 0 amide bonds. The monoisotopic (exact) mass is 590 g/mol. The molecule has 1 aliphatic heterocycles. The summed E-state index contributed by atoms with van der Waals surface area (Å²) in [5.74, 6) is 0.844. The number of aliphatic imine (C=N–C) groups is 1. The number of nitrogens with one attached hydrogen (secondary N) is 1. The molecule has 0 saturated heterocycles. The summed E-state index contributed by atoms with van der Waals surface area (Å²) >= 11 is 0. The molecule has 6 aromatic rings. The SMILES string of the molecule is CC1=C(c2ccccc2)N=C(c2cccc3c2-c2ccccc2C3(c2ccccc2)c2ccccc2)N/C(c2ccccc2)=C/C1. The fourth-order valence-corrected chi connectivity index (χ4v) is 7.30. The molecule has 0 fully saturated rings. The smallest absolute Gasteiger partial charge is 0.139 e. The van der Waals surface area contributed by atoms with Gasteiger partial charge in [-0.05, 0) is 57.9 Å². The van der Waals surface area contributed by atoms with Crippen LogP contribution in [0.3, 0.4) is 0 Å². The van der Waals surface area contributed by atoms with E-state index >= 15 is 0 Å². The largest absolute Gasteiger partial charge is 0.339 e. The first-order valence-corrected chi connectivity index (χ1v) is 16.0. The van der Waals surface area contributed by atoms with Crippen LogP contribution in [0.4, 0.5) is 0 Å². The van der Waals surface area contributed by atoms with Crippen LogP contribution in [0.15, 0.2) is 180 Å². The minimum absolute atomic E-state index is 0.473. The van der Waals surface area contributed by atoms with Crippen molar-refractivity contribution in [3.05, 3.63) is 214 Å². The molecule has 6 aromatic carbocycles. The van der Waals surface area contributed by atoms with Crippen LogP contribution in [0.5, 0.6) is 0 Å². The molecule has 0 saturated carbocycles. The predicted molar refractivity (Wildman–Crippen MR) is 191 cm³/mol. The number of fused-ring (bicyclic) bond motifs is 3. The Balaban J connectivity index is 1.43. The first-order chi connectivity index (χ1) is 22.7. The second kappa shape index (κ2) is 11.6. The second-order valence-corrected chi connectivity index (χ2v) is 12.0. The van der Waals surface area contributed by atoms with Gasteiger partial charge in [0.1, 0.15) is 5.84 Å². The maximum Gasteiger partial charge on any atom is 0.139 e. The van der Waals surface area contributed by atoms with E-state index in [0.717, 1.165) is 40.3 Å². The topological polar surface area (TPSA) is 24.4 Å². The molecule has 2 nitrogen and oxygen atoms in total. The quantitative estimate of drug-likeness (QED) is 0.212. The normalized spacial score (nSPS) is 16.2. The van der Waals surface area contributed by atoms with Gasteiger partial charge in [0.2, 0.25) is 0 Å². The van der Waals surface area contributed by atoms with Crippen LogP contribution in [-0.2, 0) is 5.41 Å². The van der Waals surface area contributed by atoms with Crippen molar-refractivity contribution in [1.82, 2.24) is 5.32 Å². The lowest BCUT2D eigenvalue weighted by Gasteiger charge is -2.34. The molecule has 0 unspecified atom stereocenters. The highest BCUT2D eigenvalue weighted by molar-refractivity contribution is 6.12. The Labute approximate surface area is 271 Å². The van der Waals surface area contributed by atoms with Crippen molar-refractivity contribution in [1.29, 1.82) is 0 Å². The van der Waals surface area contributed by atoms with Crippen molar-refractivity contribution in [2.45, 2.75) is 18.8 Å². The Morgan fingerprint density at radius 2 is 1.04 bits per heavy atom. The maximum atomic E-state index is 5.52. The van der Waals surface area contributed by atoms with Gasteiger partial charge < -0.3 is 5.32 Å². The number of hydrogen-bond acceptors (Lipinski definition) is 2. The van der Waals surface area contributed by atoms with Crippen LogP contribution in [0, 0.1) is 0 Å². The lowest BCUT2D eigenvalue weighted by molar-refractivity contribution is 0.768. The summed E-state index contributed by atoms with van der Waals surface area (Å²) in [4.78, 5) is 5.52. The fraction of sp³-hybridized carbons (Fsp3) is 0.0682. The van der Waals surface area contributed by atoms with E-state index in [4.69, 9.17) is 4.99 Å². The van der Waals surface area contributed by atoms with E-state index in [2.05, 4.69) is 182 Å². The third-order valence-corrected chi connectivity index (χ3v) is 9.36. The summed E-state index contributed by atoms with van der Waals surface area (Å²) < 4.78 is 0. The van der Waals surface area contributed by atoms with E-state index in [0.29, 0.717) is 0 Å². The van der Waals surface area contributed by atoms with Gasteiger partial charge in [-0.25, -0.2) is 4.99 Å². The van der Waals surface area contributed by atoms with E-state index in [1.54, 1.807) is 0 Å². The fourth-order valence-electron chi connectivity index (χ4n) is 7.30. The Hall–Kier alpha value is -5.73. The highest BCUT2D eigenvalue weighted by Crippen LogP contribution is 2.57. The lowest BCUT2D eigenvalue weighted by atomic mass is 9.67. The van der Waals surface area contributed by atoms with Crippen molar-refractivity contribution < 1.29 is 0 Å². The molecule has 1 N–H and O–H groups in total. The van der Waals surface area contributed by atoms with Crippen LogP contribution in [-0.4, -0.2) is 5.84 Å². The average molecular weight is 591 g/mol. The van der Waals surface area contributed by atoms with Crippen molar-refractivity contribution in [2.24, 2.45) is 4.99 Å². The Kier molecular flexibility index (Phi) is 7.04. The minimum atomic E-state index is -0.473. The van der Waals surface area contributed by atoms with E-state index in [-0.39, 0.29) is 0 Å². The number of nitrogens with zero attached hydrogens (tertiary/aromatic N) is 1. The summed E-state index contributed by atoms with van der Waals surface area (Å²) in [5.41, 5.74) is 13.7. The molecule has 1 heterocycles. The zero-order valence-corrected chi connectivity index (χ0v) is 25.8. The summed E-state index contributed by atoms with van der Waals surface area (Å²) in [6.07, 6.45) is 3.11. The Morgan fingerprint density at radius 3 is 1.70 bits per heavy atom. The standard InChI is InChI=1S/C44H34N2/c1-31-29-30-40(32-17-6-2-7-18-32)45-43(46-42(31)33-19-8-3-9-20-33)37-26-16-28-39-41(37)36-25-14-15-27-38(36)44(39,34-21-10-4-11-22-34)35-23-12-5-13-24-35/h2-28,30H,29H2,1H3,(H,45,46)/b40-30+,42-31?. The molecule has 8 rings (SSSR count). The van der Waals surface area contributed by atoms with Gasteiger partial charge in [-0.1, -0.05) is 170 Å². The molecule has 46 heavy (non-hydrogen) atoms. The molecular weight excluding hydrogens is 556 g/mol. The third kappa shape index (κ3) is 4.53. The third-order valence-electron chi connectivity index (χ3n) is 9.36. The van der Waals surface area contributed by atoms with Gasteiger partial charge >= 0.3 is 0 Å². The molecular formula is C44H34N2. The summed E-state index contributed by atoms with van der Waals surface area (Å²) in [7, 11) is 0. The van der Waals surface area contributed by atoms with Crippen molar-refractivity contribution in [3.63, 3.8) is 0 Å². The highest BCUT2D eigenvalue weighted by Gasteiger charge is 2.47. The Morgan fingerprint density at radius 1 is 0.522 bits per heavy atom. The molecule has 0 atom stereocenters. The van der Waals surface area contributed by atoms with Gasteiger partial charge in [-0.15, -0.1) is 0 Å². The lowest BCUT2D eigenvalue weighted by Crippen LogP contribution is -2.29. The molecule has 1 aliphatic carbocycles. The molecule has 0 bridgehead atoms. The van der Waals surface area contributed by atoms with Gasteiger partial charge in [0.15, 0.2) is 0 Å². The number of hydrogen-bond donors (Lipinski definition) is 1. The van der Waals surface area contributed by atoms with Gasteiger partial charge in [-0.3, -0.25) is 0 Å². The van der Waals surface area contributed by atoms with E-state index in [1.807, 2.05) is 0 Å². The van der Waals surface area contributed by atoms with Gasteiger partial charge in [-0.2, -0.15) is 0 Å². The Bertz CT molecular complexity index is 2080. The number of amidine groups is 1. The average Bonchev–Trinajstić information content (AvgIpc) is 3.43. The number of rotatable bonds is 5. The zero-order valence-electron chi connectivity index (χ0n) is 25.8. The van der Waals surface area contributed by atoms with Gasteiger partial charge in [0.25, 0.3) is 0 Å². The van der Waals surface area contributed by atoms with E-state index < -0.39 is 5.41 Å². The van der Waals surface area contributed by atoms with Crippen molar-refractivity contribution in [2.75, 3.05) is 0 Å². The highest BCUT2D eigenvalue weighted by atomic mass is 15.0.